The quantitative estimate of drug-likeness (QED) is 0.798. The molecule has 0 saturated heterocycles. The molecule has 19 heavy (non-hydrogen) atoms. The van der Waals surface area contributed by atoms with Gasteiger partial charge in [-0.3, -0.25) is 13.8 Å². The maximum Gasteiger partial charge on any atom is 0.328 e. The predicted molar refractivity (Wildman–Crippen MR) is 75.4 cm³/mol. The van der Waals surface area contributed by atoms with Gasteiger partial charge in [0, 0.05) is 25.5 Å². The van der Waals surface area contributed by atoms with Crippen LogP contribution in [0.3, 0.4) is 0 Å². The Hall–Kier alpha value is -1.78. The van der Waals surface area contributed by atoms with Crippen molar-refractivity contribution in [2.45, 2.75) is 53.2 Å². The van der Waals surface area contributed by atoms with Crippen LogP contribution in [0.15, 0.2) is 23.3 Å². The summed E-state index contributed by atoms with van der Waals surface area (Å²) < 4.78 is 5.48. The minimum absolute atomic E-state index is 0.0590. The van der Waals surface area contributed by atoms with Gasteiger partial charge in [-0.15, -0.1) is 0 Å². The van der Waals surface area contributed by atoms with Gasteiger partial charge in [0.2, 0.25) is 0 Å². The number of imidazole rings is 1. The van der Waals surface area contributed by atoms with Crippen molar-refractivity contribution in [1.29, 1.82) is 0 Å². The van der Waals surface area contributed by atoms with Crippen LogP contribution in [0.4, 0.5) is 0 Å². The lowest BCUT2D eigenvalue weighted by atomic mass is 10.3. The first-order valence-electron chi connectivity index (χ1n) is 7.00. The summed E-state index contributed by atoms with van der Waals surface area (Å²) in [6, 6.07) is 2.09. The van der Waals surface area contributed by atoms with Gasteiger partial charge in [0.1, 0.15) is 0 Å². The summed E-state index contributed by atoms with van der Waals surface area (Å²) in [7, 11) is 0. The molecule has 0 aromatic carbocycles. The molecular formula is C14H22N4O. The molecule has 104 valence electrons. The van der Waals surface area contributed by atoms with Gasteiger partial charge in [0.25, 0.3) is 0 Å². The van der Waals surface area contributed by atoms with E-state index in [4.69, 9.17) is 0 Å². The average molecular weight is 262 g/mol. The molecule has 0 unspecified atom stereocenters. The van der Waals surface area contributed by atoms with Gasteiger partial charge in [0.05, 0.1) is 17.9 Å². The second-order valence-electron chi connectivity index (χ2n) is 4.70. The highest BCUT2D eigenvalue weighted by atomic mass is 16.1. The van der Waals surface area contributed by atoms with Gasteiger partial charge in [-0.2, -0.15) is 5.10 Å². The Morgan fingerprint density at radius 1 is 1.16 bits per heavy atom. The largest absolute Gasteiger partial charge is 0.328 e. The van der Waals surface area contributed by atoms with Crippen LogP contribution < -0.4 is 5.69 Å². The van der Waals surface area contributed by atoms with Crippen molar-refractivity contribution in [1.82, 2.24) is 18.9 Å². The average Bonchev–Trinajstić information content (AvgIpc) is 2.97. The zero-order valence-corrected chi connectivity index (χ0v) is 12.0. The lowest BCUT2D eigenvalue weighted by Crippen LogP contribution is -2.25. The molecule has 0 atom stereocenters. The Balaban J connectivity index is 2.25. The molecule has 2 aromatic heterocycles. The Kier molecular flexibility index (Phi) is 4.24. The Morgan fingerprint density at radius 3 is 2.53 bits per heavy atom. The molecule has 0 aliphatic heterocycles. The van der Waals surface area contributed by atoms with Crippen LogP contribution in [0.1, 0.15) is 38.6 Å². The Bertz CT molecular complexity index is 591. The van der Waals surface area contributed by atoms with E-state index >= 15 is 0 Å². The standard InChI is InChI=1S/C14H22N4O/c1-4-7-16-8-9-17(14(16)19)11-13-10-12(5-2)15-18(13)6-3/h8-10H,4-7,11H2,1-3H3. The summed E-state index contributed by atoms with van der Waals surface area (Å²) in [4.78, 5) is 12.1. The highest BCUT2D eigenvalue weighted by Gasteiger charge is 2.09. The first-order chi connectivity index (χ1) is 9.19. The van der Waals surface area contributed by atoms with Crippen molar-refractivity contribution in [2.75, 3.05) is 0 Å². The van der Waals surface area contributed by atoms with Gasteiger partial charge in [-0.1, -0.05) is 13.8 Å². The molecule has 0 N–H and O–H groups in total. The van der Waals surface area contributed by atoms with Crippen molar-refractivity contribution in [2.24, 2.45) is 0 Å². The summed E-state index contributed by atoms with van der Waals surface area (Å²) in [6.07, 6.45) is 5.61. The van der Waals surface area contributed by atoms with E-state index in [1.54, 1.807) is 9.13 Å². The van der Waals surface area contributed by atoms with Gasteiger partial charge in [-0.05, 0) is 25.8 Å². The zero-order chi connectivity index (χ0) is 13.8. The highest BCUT2D eigenvalue weighted by Crippen LogP contribution is 2.07. The third-order valence-electron chi connectivity index (χ3n) is 3.29. The molecule has 0 saturated carbocycles. The van der Waals surface area contributed by atoms with Crippen LogP contribution in [0, 0.1) is 0 Å². The fourth-order valence-electron chi connectivity index (χ4n) is 2.25. The van der Waals surface area contributed by atoms with Gasteiger partial charge in [0.15, 0.2) is 0 Å². The molecule has 5 nitrogen and oxygen atoms in total. The van der Waals surface area contributed by atoms with Crippen molar-refractivity contribution in [3.8, 4) is 0 Å². The minimum atomic E-state index is 0.0590. The monoisotopic (exact) mass is 262 g/mol. The first-order valence-corrected chi connectivity index (χ1v) is 7.00. The fraction of sp³-hybridized carbons (Fsp3) is 0.571. The number of aromatic nitrogens is 4. The number of nitrogens with zero attached hydrogens (tertiary/aromatic N) is 4. The Labute approximate surface area is 113 Å². The first kappa shape index (κ1) is 13.6. The number of hydrogen-bond acceptors (Lipinski definition) is 2. The SMILES string of the molecule is CCCn1ccn(Cc2cc(CC)nn2CC)c1=O. The molecule has 0 radical (unpaired) electrons. The van der Waals surface area contributed by atoms with E-state index in [0.29, 0.717) is 6.54 Å². The summed E-state index contributed by atoms with van der Waals surface area (Å²) >= 11 is 0. The number of aryl methyl sites for hydroxylation is 3. The zero-order valence-electron chi connectivity index (χ0n) is 12.0. The van der Waals surface area contributed by atoms with Crippen molar-refractivity contribution in [3.63, 3.8) is 0 Å². The van der Waals surface area contributed by atoms with E-state index in [-0.39, 0.29) is 5.69 Å². The summed E-state index contributed by atoms with van der Waals surface area (Å²) in [5.74, 6) is 0. The molecule has 5 heteroatoms. The van der Waals surface area contributed by atoms with Crippen LogP contribution >= 0.6 is 0 Å². The molecule has 0 amide bonds. The Morgan fingerprint density at radius 2 is 1.89 bits per heavy atom. The topological polar surface area (TPSA) is 44.8 Å². The number of hydrogen-bond donors (Lipinski definition) is 0. The van der Waals surface area contributed by atoms with Crippen LogP contribution in [-0.2, 0) is 26.1 Å². The lowest BCUT2D eigenvalue weighted by Gasteiger charge is -2.04. The van der Waals surface area contributed by atoms with E-state index < -0.39 is 0 Å². The van der Waals surface area contributed by atoms with E-state index in [9.17, 15) is 4.79 Å². The summed E-state index contributed by atoms with van der Waals surface area (Å²) in [5.41, 5.74) is 2.23. The van der Waals surface area contributed by atoms with E-state index in [0.717, 1.165) is 37.3 Å². The smallest absolute Gasteiger partial charge is 0.299 e. The van der Waals surface area contributed by atoms with E-state index in [1.165, 1.54) is 0 Å². The fourth-order valence-corrected chi connectivity index (χ4v) is 2.25. The maximum absolute atomic E-state index is 12.1. The molecular weight excluding hydrogens is 240 g/mol. The van der Waals surface area contributed by atoms with Gasteiger partial charge in [-0.25, -0.2) is 4.79 Å². The molecule has 0 aliphatic rings. The summed E-state index contributed by atoms with van der Waals surface area (Å²) in [5, 5.41) is 4.51. The summed E-state index contributed by atoms with van der Waals surface area (Å²) in [6.45, 7) is 8.44. The number of rotatable bonds is 6. The van der Waals surface area contributed by atoms with Crippen LogP contribution in [-0.4, -0.2) is 18.9 Å². The predicted octanol–water partition coefficient (Wildman–Crippen LogP) is 1.89. The van der Waals surface area contributed by atoms with Crippen LogP contribution in [0.5, 0.6) is 0 Å². The molecule has 0 bridgehead atoms. The third kappa shape index (κ3) is 2.80. The highest BCUT2D eigenvalue weighted by molar-refractivity contribution is 5.11. The molecule has 0 aliphatic carbocycles. The molecule has 2 aromatic rings. The van der Waals surface area contributed by atoms with E-state index in [1.807, 2.05) is 17.1 Å². The minimum Gasteiger partial charge on any atom is -0.299 e. The molecule has 2 heterocycles. The second kappa shape index (κ2) is 5.91. The molecule has 0 spiro atoms. The third-order valence-corrected chi connectivity index (χ3v) is 3.29. The van der Waals surface area contributed by atoms with Crippen molar-refractivity contribution < 1.29 is 0 Å². The second-order valence-corrected chi connectivity index (χ2v) is 4.70. The van der Waals surface area contributed by atoms with Crippen molar-refractivity contribution >= 4 is 0 Å². The van der Waals surface area contributed by atoms with Gasteiger partial charge >= 0.3 is 5.69 Å². The van der Waals surface area contributed by atoms with E-state index in [2.05, 4.69) is 31.9 Å². The maximum atomic E-state index is 12.1. The molecule has 2 rings (SSSR count). The van der Waals surface area contributed by atoms with Crippen LogP contribution in [0.2, 0.25) is 0 Å². The van der Waals surface area contributed by atoms with Crippen LogP contribution in [0.25, 0.3) is 0 Å². The lowest BCUT2D eigenvalue weighted by molar-refractivity contribution is 0.576. The molecule has 0 fully saturated rings. The van der Waals surface area contributed by atoms with Gasteiger partial charge < -0.3 is 0 Å². The van der Waals surface area contributed by atoms with Crippen molar-refractivity contribution in [3.05, 3.63) is 40.3 Å². The normalized spacial score (nSPS) is 11.1.